The Morgan fingerprint density at radius 3 is 3.20 bits per heavy atom. The molecule has 1 aliphatic heterocycles. The fraction of sp³-hybridized carbons (Fsp3) is 0.300. The normalized spacial score (nSPS) is 19.4. The maximum atomic E-state index is 11.0. The van der Waals surface area contributed by atoms with Gasteiger partial charge in [0.1, 0.15) is 11.9 Å². The van der Waals surface area contributed by atoms with Crippen molar-refractivity contribution in [3.8, 4) is 6.07 Å². The Kier molecular flexibility index (Phi) is 2.50. The van der Waals surface area contributed by atoms with E-state index in [1.807, 2.05) is 0 Å². The third-order valence-corrected chi connectivity index (χ3v) is 2.25. The number of nitrogens with one attached hydrogen (secondary N) is 2. The SMILES string of the molecule is N#Cc1cccnc1NC1CNC(=O)C1. The summed E-state index contributed by atoms with van der Waals surface area (Å²) in [5.41, 5.74) is 0.497. The summed E-state index contributed by atoms with van der Waals surface area (Å²) in [5, 5.41) is 14.6. The molecule has 0 saturated carbocycles. The first kappa shape index (κ1) is 9.46. The summed E-state index contributed by atoms with van der Waals surface area (Å²) < 4.78 is 0. The van der Waals surface area contributed by atoms with Gasteiger partial charge in [0, 0.05) is 19.2 Å². The Labute approximate surface area is 87.1 Å². The lowest BCUT2D eigenvalue weighted by molar-refractivity contribution is -0.119. The van der Waals surface area contributed by atoms with Crippen LogP contribution in [-0.2, 0) is 4.79 Å². The van der Waals surface area contributed by atoms with Gasteiger partial charge in [0.05, 0.1) is 11.6 Å². The van der Waals surface area contributed by atoms with Crippen molar-refractivity contribution in [2.45, 2.75) is 12.5 Å². The molecule has 2 heterocycles. The molecule has 15 heavy (non-hydrogen) atoms. The summed E-state index contributed by atoms with van der Waals surface area (Å²) in [6.07, 6.45) is 2.05. The van der Waals surface area contributed by atoms with Gasteiger partial charge >= 0.3 is 0 Å². The molecule has 1 aliphatic rings. The van der Waals surface area contributed by atoms with Crippen LogP contribution in [0, 0.1) is 11.3 Å². The minimum absolute atomic E-state index is 0.0273. The smallest absolute Gasteiger partial charge is 0.222 e. The van der Waals surface area contributed by atoms with Crippen LogP contribution in [-0.4, -0.2) is 23.5 Å². The number of hydrogen-bond acceptors (Lipinski definition) is 4. The number of nitriles is 1. The topological polar surface area (TPSA) is 77.8 Å². The van der Waals surface area contributed by atoms with Crippen LogP contribution in [0.25, 0.3) is 0 Å². The van der Waals surface area contributed by atoms with Crippen molar-refractivity contribution in [2.75, 3.05) is 11.9 Å². The number of anilines is 1. The summed E-state index contributed by atoms with van der Waals surface area (Å²) in [4.78, 5) is 15.0. The number of amides is 1. The second-order valence-corrected chi connectivity index (χ2v) is 3.36. The Bertz CT molecular complexity index is 424. The lowest BCUT2D eigenvalue weighted by Crippen LogP contribution is -2.23. The first-order valence-electron chi connectivity index (χ1n) is 4.68. The molecule has 1 aromatic heterocycles. The molecule has 0 aliphatic carbocycles. The van der Waals surface area contributed by atoms with E-state index in [1.165, 1.54) is 0 Å². The predicted molar refractivity (Wildman–Crippen MR) is 54.0 cm³/mol. The van der Waals surface area contributed by atoms with Crippen molar-refractivity contribution in [1.29, 1.82) is 5.26 Å². The number of aromatic nitrogens is 1. The van der Waals surface area contributed by atoms with Crippen LogP contribution in [0.4, 0.5) is 5.82 Å². The number of carbonyl (C=O) groups is 1. The molecule has 1 amide bonds. The first-order valence-corrected chi connectivity index (χ1v) is 4.68. The van der Waals surface area contributed by atoms with E-state index < -0.39 is 0 Å². The zero-order valence-electron chi connectivity index (χ0n) is 8.03. The van der Waals surface area contributed by atoms with E-state index in [-0.39, 0.29) is 11.9 Å². The highest BCUT2D eigenvalue weighted by Crippen LogP contribution is 2.13. The van der Waals surface area contributed by atoms with Crippen LogP contribution >= 0.6 is 0 Å². The van der Waals surface area contributed by atoms with E-state index in [4.69, 9.17) is 5.26 Å². The van der Waals surface area contributed by atoms with Gasteiger partial charge in [-0.1, -0.05) is 0 Å². The summed E-state index contributed by atoms with van der Waals surface area (Å²) in [5.74, 6) is 0.573. The van der Waals surface area contributed by atoms with Crippen LogP contribution in [0.2, 0.25) is 0 Å². The second kappa shape index (κ2) is 3.96. The maximum Gasteiger partial charge on any atom is 0.222 e. The number of rotatable bonds is 2. The van der Waals surface area contributed by atoms with Gasteiger partial charge in [-0.15, -0.1) is 0 Å². The molecule has 1 atom stereocenters. The van der Waals surface area contributed by atoms with Crippen molar-refractivity contribution >= 4 is 11.7 Å². The molecule has 0 aromatic carbocycles. The van der Waals surface area contributed by atoms with Crippen molar-refractivity contribution in [3.63, 3.8) is 0 Å². The van der Waals surface area contributed by atoms with E-state index >= 15 is 0 Å². The lowest BCUT2D eigenvalue weighted by Gasteiger charge is -2.11. The van der Waals surface area contributed by atoms with Crippen LogP contribution < -0.4 is 10.6 Å². The van der Waals surface area contributed by atoms with Gasteiger partial charge in [-0.3, -0.25) is 4.79 Å². The van der Waals surface area contributed by atoms with Crippen molar-refractivity contribution < 1.29 is 4.79 Å². The first-order chi connectivity index (χ1) is 7.29. The highest BCUT2D eigenvalue weighted by Gasteiger charge is 2.21. The predicted octanol–water partition coefficient (Wildman–Crippen LogP) is 0.254. The molecular formula is C10H10N4O. The third-order valence-electron chi connectivity index (χ3n) is 2.25. The quantitative estimate of drug-likeness (QED) is 0.720. The number of nitrogens with zero attached hydrogens (tertiary/aromatic N) is 2. The molecule has 1 saturated heterocycles. The minimum atomic E-state index is 0.0273. The van der Waals surface area contributed by atoms with Crippen LogP contribution in [0.15, 0.2) is 18.3 Å². The summed E-state index contributed by atoms with van der Waals surface area (Å²) in [6, 6.07) is 5.48. The van der Waals surface area contributed by atoms with Gasteiger partial charge in [-0.25, -0.2) is 4.98 Å². The molecule has 76 valence electrons. The highest BCUT2D eigenvalue weighted by molar-refractivity contribution is 5.79. The molecule has 1 aromatic rings. The van der Waals surface area contributed by atoms with Crippen molar-refractivity contribution in [3.05, 3.63) is 23.9 Å². The maximum absolute atomic E-state index is 11.0. The minimum Gasteiger partial charge on any atom is -0.364 e. The average Bonchev–Trinajstić information content (AvgIpc) is 2.65. The van der Waals surface area contributed by atoms with E-state index in [0.29, 0.717) is 24.3 Å². The molecule has 2 N–H and O–H groups in total. The largest absolute Gasteiger partial charge is 0.364 e. The fourth-order valence-corrected chi connectivity index (χ4v) is 1.51. The molecular weight excluding hydrogens is 192 g/mol. The fourth-order valence-electron chi connectivity index (χ4n) is 1.51. The van der Waals surface area contributed by atoms with Gasteiger partial charge in [-0.05, 0) is 12.1 Å². The monoisotopic (exact) mass is 202 g/mol. The van der Waals surface area contributed by atoms with Gasteiger partial charge in [0.25, 0.3) is 0 Å². The molecule has 0 bridgehead atoms. The molecule has 1 fully saturated rings. The molecule has 5 heteroatoms. The Hall–Kier alpha value is -2.09. The molecule has 2 rings (SSSR count). The van der Waals surface area contributed by atoms with E-state index in [0.717, 1.165) is 0 Å². The Morgan fingerprint density at radius 2 is 2.53 bits per heavy atom. The van der Waals surface area contributed by atoms with Crippen LogP contribution in [0.3, 0.4) is 0 Å². The lowest BCUT2D eigenvalue weighted by atomic mass is 10.2. The van der Waals surface area contributed by atoms with Crippen LogP contribution in [0.5, 0.6) is 0 Å². The Morgan fingerprint density at radius 1 is 1.67 bits per heavy atom. The zero-order valence-corrected chi connectivity index (χ0v) is 8.03. The summed E-state index contributed by atoms with van der Waals surface area (Å²) in [7, 11) is 0. The third kappa shape index (κ3) is 2.05. The van der Waals surface area contributed by atoms with E-state index in [2.05, 4.69) is 21.7 Å². The van der Waals surface area contributed by atoms with Gasteiger partial charge in [0.2, 0.25) is 5.91 Å². The molecule has 0 spiro atoms. The standard InChI is InChI=1S/C10H10N4O/c11-5-7-2-1-3-12-10(7)14-8-4-9(15)13-6-8/h1-3,8H,4,6H2,(H,12,14)(H,13,15). The van der Waals surface area contributed by atoms with Gasteiger partial charge < -0.3 is 10.6 Å². The van der Waals surface area contributed by atoms with Crippen LogP contribution in [0.1, 0.15) is 12.0 Å². The number of hydrogen-bond donors (Lipinski definition) is 2. The average molecular weight is 202 g/mol. The van der Waals surface area contributed by atoms with Crippen molar-refractivity contribution in [1.82, 2.24) is 10.3 Å². The van der Waals surface area contributed by atoms with Crippen molar-refractivity contribution in [2.24, 2.45) is 0 Å². The van der Waals surface area contributed by atoms with E-state index in [9.17, 15) is 4.79 Å². The zero-order chi connectivity index (χ0) is 10.7. The Balaban J connectivity index is 2.11. The molecule has 5 nitrogen and oxygen atoms in total. The molecule has 1 unspecified atom stereocenters. The van der Waals surface area contributed by atoms with Gasteiger partial charge in [0.15, 0.2) is 0 Å². The summed E-state index contributed by atoms with van der Waals surface area (Å²) >= 11 is 0. The highest BCUT2D eigenvalue weighted by atomic mass is 16.1. The van der Waals surface area contributed by atoms with Gasteiger partial charge in [-0.2, -0.15) is 5.26 Å². The van der Waals surface area contributed by atoms with E-state index in [1.54, 1.807) is 18.3 Å². The summed E-state index contributed by atoms with van der Waals surface area (Å²) in [6.45, 7) is 0.584. The number of pyridine rings is 1. The molecule has 0 radical (unpaired) electrons. The number of carbonyl (C=O) groups excluding carboxylic acids is 1. The second-order valence-electron chi connectivity index (χ2n) is 3.36.